The Morgan fingerprint density at radius 2 is 1.62 bits per heavy atom. The van der Waals surface area contributed by atoms with Gasteiger partial charge in [0.2, 0.25) is 0 Å². The third-order valence-corrected chi connectivity index (χ3v) is 3.14. The van der Waals surface area contributed by atoms with Crippen molar-refractivity contribution in [2.24, 2.45) is 0 Å². The van der Waals surface area contributed by atoms with Crippen molar-refractivity contribution in [2.75, 3.05) is 13.1 Å². The van der Waals surface area contributed by atoms with Crippen LogP contribution in [0.25, 0.3) is 0 Å². The summed E-state index contributed by atoms with van der Waals surface area (Å²) in [7, 11) is 0. The van der Waals surface area contributed by atoms with Gasteiger partial charge in [-0.25, -0.2) is 0 Å². The summed E-state index contributed by atoms with van der Waals surface area (Å²) in [5.74, 6) is -0.109. The maximum atomic E-state index is 12.7. The van der Waals surface area contributed by atoms with E-state index in [0.717, 1.165) is 25.3 Å². The van der Waals surface area contributed by atoms with E-state index in [2.05, 4.69) is 4.74 Å². The summed E-state index contributed by atoms with van der Waals surface area (Å²) < 4.78 is 42.7. The molecule has 1 aromatic carbocycles. The van der Waals surface area contributed by atoms with E-state index in [4.69, 9.17) is 4.84 Å². The Morgan fingerprint density at radius 3 is 2.08 bits per heavy atom. The van der Waals surface area contributed by atoms with E-state index in [1.807, 2.05) is 20.8 Å². The average Bonchev–Trinajstić information content (AvgIpc) is 2.47. The molecule has 1 fully saturated rings. The Balaban J connectivity index is 0.000000351. The molecule has 2 rings (SSSR count). The van der Waals surface area contributed by atoms with E-state index in [9.17, 15) is 18.0 Å². The van der Waals surface area contributed by atoms with Crippen LogP contribution in [0.4, 0.5) is 13.2 Å². The lowest BCUT2D eigenvalue weighted by Crippen LogP contribution is -2.33. The third-order valence-electron chi connectivity index (χ3n) is 3.14. The monoisotopic (exact) mass is 347 g/mol. The van der Waals surface area contributed by atoms with E-state index in [-0.39, 0.29) is 11.4 Å². The molecular weight excluding hydrogens is 323 g/mol. The van der Waals surface area contributed by atoms with Crippen LogP contribution in [0.2, 0.25) is 0 Å². The standard InChI is InChI=1S/C12H14F3NO.C5H10O2/c13-12(14,15)10-6-2-3-7-11(10)17-16-8-4-1-5-9-16;1-5(2,3)7-4-6/h2-3,6-7H,1,4-5,8-9H2;4H,1-3H3. The molecule has 1 aliphatic rings. The second kappa shape index (κ2) is 8.92. The summed E-state index contributed by atoms with van der Waals surface area (Å²) in [6, 6.07) is 5.32. The number of alkyl halides is 3. The van der Waals surface area contributed by atoms with Crippen LogP contribution in [0, 0.1) is 0 Å². The van der Waals surface area contributed by atoms with Gasteiger partial charge in [0.1, 0.15) is 11.2 Å². The number of rotatable bonds is 3. The highest BCUT2D eigenvalue weighted by Gasteiger charge is 2.34. The first-order valence-electron chi connectivity index (χ1n) is 7.84. The van der Waals surface area contributed by atoms with Crippen LogP contribution in [0.15, 0.2) is 24.3 Å². The fourth-order valence-corrected chi connectivity index (χ4v) is 2.02. The number of para-hydroxylation sites is 1. The summed E-state index contributed by atoms with van der Waals surface area (Å²) in [5, 5.41) is 1.61. The molecule has 0 bridgehead atoms. The largest absolute Gasteiger partial charge is 0.462 e. The predicted molar refractivity (Wildman–Crippen MR) is 84.4 cm³/mol. The normalized spacial score (nSPS) is 15.9. The second-order valence-electron chi connectivity index (χ2n) is 6.40. The highest BCUT2D eigenvalue weighted by atomic mass is 19.4. The number of halogens is 3. The minimum atomic E-state index is -4.37. The van der Waals surface area contributed by atoms with Gasteiger partial charge < -0.3 is 9.57 Å². The van der Waals surface area contributed by atoms with Crippen molar-refractivity contribution in [3.05, 3.63) is 29.8 Å². The zero-order chi connectivity index (χ0) is 18.2. The number of nitrogens with zero attached hydrogens (tertiary/aromatic N) is 1. The van der Waals surface area contributed by atoms with Crippen molar-refractivity contribution in [1.29, 1.82) is 0 Å². The number of carbonyl (C=O) groups excluding carboxylic acids is 1. The van der Waals surface area contributed by atoms with Crippen molar-refractivity contribution >= 4 is 6.47 Å². The number of piperidine rings is 1. The van der Waals surface area contributed by atoms with Crippen molar-refractivity contribution in [3.8, 4) is 5.75 Å². The number of ether oxygens (including phenoxy) is 1. The van der Waals surface area contributed by atoms with Gasteiger partial charge >= 0.3 is 6.18 Å². The number of hydroxylamine groups is 2. The van der Waals surface area contributed by atoms with Crippen LogP contribution in [-0.4, -0.2) is 30.2 Å². The molecule has 0 spiro atoms. The molecule has 0 unspecified atom stereocenters. The summed E-state index contributed by atoms with van der Waals surface area (Å²) >= 11 is 0. The van der Waals surface area contributed by atoms with Gasteiger partial charge in [-0.3, -0.25) is 4.79 Å². The van der Waals surface area contributed by atoms with Crippen molar-refractivity contribution in [3.63, 3.8) is 0 Å². The SMILES string of the molecule is CC(C)(C)OC=O.FC(F)(F)c1ccccc1ON1CCCCC1. The van der Waals surface area contributed by atoms with Crippen LogP contribution in [0.5, 0.6) is 5.75 Å². The second-order valence-corrected chi connectivity index (χ2v) is 6.40. The van der Waals surface area contributed by atoms with Crippen LogP contribution in [0.1, 0.15) is 45.6 Å². The molecular formula is C17H24F3NO3. The number of benzene rings is 1. The minimum absolute atomic E-state index is 0.109. The van der Waals surface area contributed by atoms with Gasteiger partial charge in [-0.2, -0.15) is 13.2 Å². The molecule has 24 heavy (non-hydrogen) atoms. The summed E-state index contributed by atoms with van der Waals surface area (Å²) in [5.41, 5.74) is -1.03. The van der Waals surface area contributed by atoms with Crippen LogP contribution >= 0.6 is 0 Å². The van der Waals surface area contributed by atoms with Gasteiger partial charge in [0.15, 0.2) is 5.75 Å². The Hall–Kier alpha value is -1.76. The molecule has 1 aromatic rings. The molecule has 0 aromatic heterocycles. The quantitative estimate of drug-likeness (QED) is 0.758. The third kappa shape index (κ3) is 7.68. The first kappa shape index (κ1) is 20.3. The summed E-state index contributed by atoms with van der Waals surface area (Å²) in [6.45, 7) is 7.29. The van der Waals surface area contributed by atoms with Gasteiger partial charge in [-0.15, -0.1) is 5.06 Å². The lowest BCUT2D eigenvalue weighted by Gasteiger charge is -2.27. The molecule has 0 radical (unpaired) electrons. The van der Waals surface area contributed by atoms with Crippen molar-refractivity contribution in [1.82, 2.24) is 5.06 Å². The highest BCUT2D eigenvalue weighted by Crippen LogP contribution is 2.36. The predicted octanol–water partition coefficient (Wildman–Crippen LogP) is 4.44. The van der Waals surface area contributed by atoms with Crippen LogP contribution in [-0.2, 0) is 15.7 Å². The molecule has 136 valence electrons. The smallest absolute Gasteiger partial charge is 0.420 e. The maximum Gasteiger partial charge on any atom is 0.420 e. The van der Waals surface area contributed by atoms with Gasteiger partial charge in [0.25, 0.3) is 6.47 Å². The number of carbonyl (C=O) groups is 1. The Labute approximate surface area is 140 Å². The van der Waals surface area contributed by atoms with Gasteiger partial charge in [-0.05, 0) is 45.7 Å². The lowest BCUT2D eigenvalue weighted by molar-refractivity contribution is -0.145. The van der Waals surface area contributed by atoms with E-state index in [1.54, 1.807) is 11.1 Å². The molecule has 0 N–H and O–H groups in total. The lowest BCUT2D eigenvalue weighted by atomic mass is 10.2. The molecule has 0 amide bonds. The number of hydrogen-bond donors (Lipinski definition) is 0. The molecule has 0 aliphatic carbocycles. The van der Waals surface area contributed by atoms with Gasteiger partial charge in [0, 0.05) is 13.1 Å². The molecule has 1 aliphatic heterocycles. The fraction of sp³-hybridized carbons (Fsp3) is 0.588. The van der Waals surface area contributed by atoms with E-state index >= 15 is 0 Å². The molecule has 7 heteroatoms. The van der Waals surface area contributed by atoms with Crippen molar-refractivity contribution < 1.29 is 27.5 Å². The topological polar surface area (TPSA) is 38.8 Å². The Morgan fingerprint density at radius 1 is 1.04 bits per heavy atom. The highest BCUT2D eigenvalue weighted by molar-refractivity contribution is 5.37. The fourth-order valence-electron chi connectivity index (χ4n) is 2.02. The van der Waals surface area contributed by atoms with Crippen molar-refractivity contribution in [2.45, 2.75) is 51.8 Å². The van der Waals surface area contributed by atoms with E-state index < -0.39 is 11.7 Å². The first-order chi connectivity index (χ1) is 11.1. The van der Waals surface area contributed by atoms with Crippen LogP contribution < -0.4 is 4.84 Å². The Kier molecular flexibility index (Phi) is 7.54. The maximum absolute atomic E-state index is 12.7. The van der Waals surface area contributed by atoms with E-state index in [1.165, 1.54) is 12.1 Å². The minimum Gasteiger partial charge on any atom is -0.462 e. The Bertz CT molecular complexity index is 507. The summed E-state index contributed by atoms with van der Waals surface area (Å²) in [6.07, 6.45) is -1.32. The molecule has 0 atom stereocenters. The van der Waals surface area contributed by atoms with Crippen LogP contribution in [0.3, 0.4) is 0 Å². The molecule has 4 nitrogen and oxygen atoms in total. The molecule has 1 heterocycles. The molecule has 0 saturated carbocycles. The zero-order valence-electron chi connectivity index (χ0n) is 14.2. The van der Waals surface area contributed by atoms with Gasteiger partial charge in [0.05, 0.1) is 0 Å². The number of hydrogen-bond acceptors (Lipinski definition) is 4. The zero-order valence-corrected chi connectivity index (χ0v) is 14.2. The average molecular weight is 347 g/mol. The van der Waals surface area contributed by atoms with Gasteiger partial charge in [-0.1, -0.05) is 18.6 Å². The molecule has 1 saturated heterocycles. The van der Waals surface area contributed by atoms with E-state index in [0.29, 0.717) is 19.6 Å². The summed E-state index contributed by atoms with van der Waals surface area (Å²) in [4.78, 5) is 14.9. The first-order valence-corrected chi connectivity index (χ1v) is 7.84.